The maximum Gasteiger partial charge on any atom is 0.117 e. The number of rotatable bonds is 4. The van der Waals surface area contributed by atoms with Gasteiger partial charge in [0.25, 0.3) is 0 Å². The second-order valence-electron chi connectivity index (χ2n) is 4.14. The van der Waals surface area contributed by atoms with Crippen LogP contribution in [0.15, 0.2) is 29.7 Å². The minimum atomic E-state index is -4.28. The summed E-state index contributed by atoms with van der Waals surface area (Å²) in [7, 11) is -4.28. The number of hydrogen-bond donors (Lipinski definition) is 0. The minimum Gasteiger partial charge on any atom is -0.744 e. The van der Waals surface area contributed by atoms with E-state index in [1.54, 1.807) is 12.1 Å². The van der Waals surface area contributed by atoms with Crippen LogP contribution < -0.4 is 0 Å². The van der Waals surface area contributed by atoms with Crippen molar-refractivity contribution in [3.63, 3.8) is 0 Å². The van der Waals surface area contributed by atoms with Crippen LogP contribution in [0.2, 0.25) is 0 Å². The maximum absolute atomic E-state index is 10.4. The highest BCUT2D eigenvalue weighted by Gasteiger charge is 1.97. The van der Waals surface area contributed by atoms with Crippen molar-refractivity contribution in [2.75, 3.05) is 0 Å². The van der Waals surface area contributed by atoms with Crippen LogP contribution in [0.1, 0.15) is 25.0 Å². The molecular formula is C12H15O3S-. The second-order valence-corrected chi connectivity index (χ2v) is 5.39. The highest BCUT2D eigenvalue weighted by atomic mass is 32.2. The van der Waals surface area contributed by atoms with Crippen LogP contribution in [-0.2, 0) is 16.5 Å². The van der Waals surface area contributed by atoms with Gasteiger partial charge in [-0.2, -0.15) is 0 Å². The molecule has 0 aromatic heterocycles. The average molecular weight is 239 g/mol. The van der Waals surface area contributed by atoms with Crippen molar-refractivity contribution in [2.24, 2.45) is 5.92 Å². The number of benzene rings is 1. The SMILES string of the molecule is CC(C)Cc1ccc(/C=C/S(=O)(=O)[O-])cc1. The van der Waals surface area contributed by atoms with Gasteiger partial charge < -0.3 is 4.55 Å². The molecule has 16 heavy (non-hydrogen) atoms. The van der Waals surface area contributed by atoms with Crippen molar-refractivity contribution in [3.8, 4) is 0 Å². The maximum atomic E-state index is 10.4. The smallest absolute Gasteiger partial charge is 0.117 e. The summed E-state index contributed by atoms with van der Waals surface area (Å²) < 4.78 is 31.1. The normalized spacial score (nSPS) is 12.5. The molecule has 0 saturated carbocycles. The first-order valence-corrected chi connectivity index (χ1v) is 6.57. The van der Waals surface area contributed by atoms with Crippen LogP contribution in [0, 0.1) is 5.92 Å². The van der Waals surface area contributed by atoms with Crippen LogP contribution in [0.5, 0.6) is 0 Å². The summed E-state index contributed by atoms with van der Waals surface area (Å²) in [6.07, 6.45) is 2.30. The summed E-state index contributed by atoms with van der Waals surface area (Å²) >= 11 is 0. The molecule has 0 unspecified atom stereocenters. The Morgan fingerprint density at radius 1 is 1.25 bits per heavy atom. The van der Waals surface area contributed by atoms with E-state index in [0.29, 0.717) is 16.9 Å². The molecule has 0 aliphatic rings. The van der Waals surface area contributed by atoms with Gasteiger partial charge in [-0.3, -0.25) is 0 Å². The van der Waals surface area contributed by atoms with E-state index in [0.717, 1.165) is 6.42 Å². The van der Waals surface area contributed by atoms with Crippen LogP contribution in [-0.4, -0.2) is 13.0 Å². The lowest BCUT2D eigenvalue weighted by molar-refractivity contribution is 0.474. The molecule has 0 radical (unpaired) electrons. The van der Waals surface area contributed by atoms with E-state index in [9.17, 15) is 13.0 Å². The lowest BCUT2D eigenvalue weighted by atomic mass is 10.0. The van der Waals surface area contributed by atoms with Gasteiger partial charge in [0, 0.05) is 5.41 Å². The number of hydrogen-bond acceptors (Lipinski definition) is 3. The standard InChI is InChI=1S/C12H16O3S/c1-10(2)9-12-5-3-11(4-6-12)7-8-16(13,14)15/h3-8,10H,9H2,1-2H3,(H,13,14,15)/p-1/b8-7+. The fourth-order valence-electron chi connectivity index (χ4n) is 1.40. The van der Waals surface area contributed by atoms with Crippen molar-refractivity contribution in [1.29, 1.82) is 0 Å². The van der Waals surface area contributed by atoms with E-state index < -0.39 is 10.1 Å². The van der Waals surface area contributed by atoms with E-state index >= 15 is 0 Å². The van der Waals surface area contributed by atoms with Crippen molar-refractivity contribution >= 4 is 16.2 Å². The van der Waals surface area contributed by atoms with Crippen LogP contribution in [0.4, 0.5) is 0 Å². The highest BCUT2D eigenvalue weighted by Crippen LogP contribution is 2.11. The fourth-order valence-corrected chi connectivity index (χ4v) is 1.72. The van der Waals surface area contributed by atoms with Gasteiger partial charge in [-0.15, -0.1) is 0 Å². The van der Waals surface area contributed by atoms with E-state index in [2.05, 4.69) is 13.8 Å². The lowest BCUT2D eigenvalue weighted by Gasteiger charge is -2.05. The molecule has 1 aromatic rings. The Kier molecular flexibility index (Phi) is 4.26. The summed E-state index contributed by atoms with van der Waals surface area (Å²) in [5.41, 5.74) is 1.92. The highest BCUT2D eigenvalue weighted by molar-refractivity contribution is 7.88. The molecule has 3 nitrogen and oxygen atoms in total. The molecule has 0 fully saturated rings. The Morgan fingerprint density at radius 3 is 2.25 bits per heavy atom. The average Bonchev–Trinajstić information content (AvgIpc) is 2.14. The monoisotopic (exact) mass is 239 g/mol. The van der Waals surface area contributed by atoms with Crippen LogP contribution >= 0.6 is 0 Å². The topological polar surface area (TPSA) is 57.2 Å². The Hall–Kier alpha value is -1.13. The lowest BCUT2D eigenvalue weighted by Crippen LogP contribution is -1.93. The van der Waals surface area contributed by atoms with Crippen molar-refractivity contribution in [2.45, 2.75) is 20.3 Å². The zero-order chi connectivity index (χ0) is 12.2. The molecule has 0 bridgehead atoms. The quantitative estimate of drug-likeness (QED) is 0.758. The predicted octanol–water partition coefficient (Wildman–Crippen LogP) is 2.40. The molecule has 0 heterocycles. The third-order valence-electron chi connectivity index (χ3n) is 2.05. The second kappa shape index (κ2) is 5.27. The van der Waals surface area contributed by atoms with Crippen molar-refractivity contribution in [1.82, 2.24) is 0 Å². The zero-order valence-corrected chi connectivity index (χ0v) is 10.2. The summed E-state index contributed by atoms with van der Waals surface area (Å²) in [6, 6.07) is 7.49. The molecule has 0 amide bonds. The third-order valence-corrected chi connectivity index (χ3v) is 2.52. The minimum absolute atomic E-state index is 0.586. The van der Waals surface area contributed by atoms with E-state index in [4.69, 9.17) is 0 Å². The van der Waals surface area contributed by atoms with Gasteiger partial charge in [-0.05, 0) is 29.5 Å². The summed E-state index contributed by atoms with van der Waals surface area (Å²) in [4.78, 5) is 0. The van der Waals surface area contributed by atoms with Gasteiger partial charge in [0.1, 0.15) is 10.1 Å². The Morgan fingerprint density at radius 2 is 1.81 bits per heavy atom. The van der Waals surface area contributed by atoms with Crippen molar-refractivity contribution in [3.05, 3.63) is 40.8 Å². The van der Waals surface area contributed by atoms with Gasteiger partial charge in [0.15, 0.2) is 0 Å². The molecule has 0 spiro atoms. The molecule has 1 rings (SSSR count). The van der Waals surface area contributed by atoms with Gasteiger partial charge in [0.2, 0.25) is 0 Å². The zero-order valence-electron chi connectivity index (χ0n) is 9.38. The first-order chi connectivity index (χ1) is 7.37. The van der Waals surface area contributed by atoms with Crippen molar-refractivity contribution < 1.29 is 13.0 Å². The summed E-state index contributed by atoms with van der Waals surface area (Å²) in [6.45, 7) is 4.27. The van der Waals surface area contributed by atoms with E-state index in [1.165, 1.54) is 11.6 Å². The molecule has 0 atom stereocenters. The fraction of sp³-hybridized carbons (Fsp3) is 0.333. The van der Waals surface area contributed by atoms with Gasteiger partial charge in [-0.25, -0.2) is 8.42 Å². The first-order valence-electron chi connectivity index (χ1n) is 5.10. The van der Waals surface area contributed by atoms with E-state index in [-0.39, 0.29) is 0 Å². The third kappa shape index (κ3) is 5.09. The molecular weight excluding hydrogens is 224 g/mol. The Labute approximate surface area is 96.6 Å². The van der Waals surface area contributed by atoms with Gasteiger partial charge in [-0.1, -0.05) is 38.1 Å². The largest absolute Gasteiger partial charge is 0.744 e. The first kappa shape index (κ1) is 12.9. The van der Waals surface area contributed by atoms with Crippen LogP contribution in [0.3, 0.4) is 0 Å². The molecule has 0 aliphatic heterocycles. The molecule has 0 aliphatic carbocycles. The molecule has 0 saturated heterocycles. The van der Waals surface area contributed by atoms with E-state index in [1.807, 2.05) is 12.1 Å². The predicted molar refractivity (Wildman–Crippen MR) is 63.7 cm³/mol. The summed E-state index contributed by atoms with van der Waals surface area (Å²) in [5.74, 6) is 0.586. The molecule has 1 aromatic carbocycles. The van der Waals surface area contributed by atoms with Gasteiger partial charge in [0.05, 0.1) is 0 Å². The molecule has 88 valence electrons. The summed E-state index contributed by atoms with van der Waals surface area (Å²) in [5, 5.41) is 0.671. The van der Waals surface area contributed by atoms with Gasteiger partial charge >= 0.3 is 0 Å². The molecule has 4 heteroatoms. The van der Waals surface area contributed by atoms with Crippen LogP contribution in [0.25, 0.3) is 6.08 Å². The Balaban J connectivity index is 2.76. The Bertz CT molecular complexity index is 456. The molecule has 0 N–H and O–H groups in total.